The minimum absolute atomic E-state index is 0.609. The van der Waals surface area contributed by atoms with Crippen LogP contribution in [0, 0.1) is 0 Å². The highest BCUT2D eigenvalue weighted by Crippen LogP contribution is 2.65. The van der Waals surface area contributed by atoms with Crippen molar-refractivity contribution in [3.63, 3.8) is 0 Å². The summed E-state index contributed by atoms with van der Waals surface area (Å²) in [7, 11) is 0. The van der Waals surface area contributed by atoms with Crippen molar-refractivity contribution in [2.45, 2.75) is 10.8 Å². The average molecular weight is 880 g/mol. The molecule has 69 heavy (non-hydrogen) atoms. The summed E-state index contributed by atoms with van der Waals surface area (Å²) in [6.07, 6.45) is 0. The third-order valence-electron chi connectivity index (χ3n) is 15.4. The van der Waals surface area contributed by atoms with Crippen LogP contribution in [0.5, 0.6) is 23.0 Å². The summed E-state index contributed by atoms with van der Waals surface area (Å²) in [6.45, 7) is 0. The molecule has 0 saturated carbocycles. The Labute approximate surface area is 400 Å². The monoisotopic (exact) mass is 879 g/mol. The van der Waals surface area contributed by atoms with E-state index >= 15 is 0 Å². The topological polar surface area (TPSA) is 21.7 Å². The van der Waals surface area contributed by atoms with E-state index in [1.807, 2.05) is 0 Å². The fourth-order valence-electron chi connectivity index (χ4n) is 12.7. The van der Waals surface area contributed by atoms with Crippen molar-refractivity contribution in [1.82, 2.24) is 0 Å². The van der Waals surface area contributed by atoms with Crippen LogP contribution in [0.2, 0.25) is 0 Å². The van der Waals surface area contributed by atoms with Crippen molar-refractivity contribution in [1.29, 1.82) is 0 Å². The van der Waals surface area contributed by atoms with Gasteiger partial charge in [0, 0.05) is 39.3 Å². The second-order valence-electron chi connectivity index (χ2n) is 18.7. The molecule has 0 unspecified atom stereocenters. The van der Waals surface area contributed by atoms with Crippen molar-refractivity contribution in [2.75, 3.05) is 4.90 Å². The maximum Gasteiger partial charge on any atom is 0.132 e. The van der Waals surface area contributed by atoms with E-state index < -0.39 is 10.8 Å². The van der Waals surface area contributed by atoms with Crippen LogP contribution in [0.4, 0.5) is 17.1 Å². The summed E-state index contributed by atoms with van der Waals surface area (Å²) in [6, 6.07) is 91.0. The molecular weight excluding hydrogens is 839 g/mol. The normalized spacial score (nSPS) is 14.3. The van der Waals surface area contributed by atoms with Gasteiger partial charge >= 0.3 is 0 Å². The van der Waals surface area contributed by atoms with Gasteiger partial charge in [-0.1, -0.05) is 188 Å². The fourth-order valence-corrected chi connectivity index (χ4v) is 12.7. The van der Waals surface area contributed by atoms with Gasteiger partial charge in [0.15, 0.2) is 0 Å². The molecule has 0 aromatic heterocycles. The molecular formula is C66H41NO2. The predicted octanol–water partition coefficient (Wildman–Crippen LogP) is 16.9. The molecule has 0 radical (unpaired) electrons. The number of benzene rings is 11. The molecule has 0 N–H and O–H groups in total. The first-order valence-electron chi connectivity index (χ1n) is 23.8. The number of ether oxygens (including phenoxy) is 2. The number of anilines is 3. The number of para-hydroxylation sites is 4. The number of hydrogen-bond acceptors (Lipinski definition) is 3. The summed E-state index contributed by atoms with van der Waals surface area (Å²) >= 11 is 0. The molecule has 15 rings (SSSR count). The summed E-state index contributed by atoms with van der Waals surface area (Å²) in [5.74, 6) is 3.53. The van der Waals surface area contributed by atoms with Crippen LogP contribution in [-0.2, 0) is 10.8 Å². The standard InChI is InChI=1S/C66H41NO2/c1-2-16-42(17-3-1)43-30-34-45(35-31-43)67(47-37-39-50-48-18-4-6-20-53(48)65(59(50)41-47)55-22-8-12-26-60(55)68-61-27-13-9-23-56(61)65)46-36-32-44-33-38-51-49-19-5-7-21-54(49)66(64(51)52(44)40-46)57-24-10-14-28-62(57)69-63-29-15-11-25-58(63)66/h1-41H. The molecule has 2 aliphatic carbocycles. The molecule has 2 heterocycles. The fraction of sp³-hybridized carbons (Fsp3) is 0.0303. The molecule has 0 atom stereocenters. The maximum atomic E-state index is 6.76. The van der Waals surface area contributed by atoms with Crippen molar-refractivity contribution in [3.05, 3.63) is 293 Å². The van der Waals surface area contributed by atoms with E-state index in [1.54, 1.807) is 0 Å². The Morgan fingerprint density at radius 2 is 0.681 bits per heavy atom. The Kier molecular flexibility index (Phi) is 7.92. The second-order valence-corrected chi connectivity index (χ2v) is 18.7. The first-order chi connectivity index (χ1) is 34.2. The SMILES string of the molecule is c1ccc(-c2ccc(N(c3ccc4c(c3)C3(c5ccccc5Oc5ccccc53)c3ccccc3-4)c3ccc4ccc5c(c4c3)C3(c4ccccc4Oc4ccccc43)c3ccccc3-5)cc2)cc1. The van der Waals surface area contributed by atoms with Crippen LogP contribution in [0.3, 0.4) is 0 Å². The zero-order valence-corrected chi connectivity index (χ0v) is 37.4. The van der Waals surface area contributed by atoms with E-state index in [0.29, 0.717) is 0 Å². The Morgan fingerprint density at radius 1 is 0.275 bits per heavy atom. The van der Waals surface area contributed by atoms with Gasteiger partial charge in [0.1, 0.15) is 23.0 Å². The van der Waals surface area contributed by atoms with Crippen LogP contribution in [0.25, 0.3) is 44.2 Å². The number of fused-ring (bicyclic) bond motifs is 20. The molecule has 11 aromatic rings. The first kappa shape index (κ1) is 38.2. The molecule has 0 saturated heterocycles. The van der Waals surface area contributed by atoms with E-state index in [9.17, 15) is 0 Å². The minimum Gasteiger partial charge on any atom is -0.457 e. The molecule has 0 amide bonds. The summed E-state index contributed by atoms with van der Waals surface area (Å²) in [5.41, 5.74) is 19.0. The van der Waals surface area contributed by atoms with E-state index in [-0.39, 0.29) is 0 Å². The quantitative estimate of drug-likeness (QED) is 0.176. The molecule has 2 spiro atoms. The number of nitrogens with zero attached hydrogens (tertiary/aromatic N) is 1. The Morgan fingerprint density at radius 3 is 1.29 bits per heavy atom. The van der Waals surface area contributed by atoms with Gasteiger partial charge in [0.25, 0.3) is 0 Å². The van der Waals surface area contributed by atoms with E-state index in [4.69, 9.17) is 9.47 Å². The van der Waals surface area contributed by atoms with Gasteiger partial charge in [0.2, 0.25) is 0 Å². The van der Waals surface area contributed by atoms with Gasteiger partial charge in [-0.3, -0.25) is 0 Å². The Hall–Kier alpha value is -8.92. The van der Waals surface area contributed by atoms with E-state index in [0.717, 1.165) is 62.3 Å². The number of rotatable bonds is 4. The molecule has 11 aromatic carbocycles. The molecule has 2 aliphatic heterocycles. The van der Waals surface area contributed by atoms with Gasteiger partial charge in [0.05, 0.1) is 10.8 Å². The molecule has 3 heteroatoms. The first-order valence-corrected chi connectivity index (χ1v) is 23.8. The zero-order chi connectivity index (χ0) is 45.3. The van der Waals surface area contributed by atoms with Crippen LogP contribution in [-0.4, -0.2) is 0 Å². The molecule has 322 valence electrons. The Balaban J connectivity index is 1.01. The van der Waals surface area contributed by atoms with Gasteiger partial charge in [-0.2, -0.15) is 0 Å². The lowest BCUT2D eigenvalue weighted by atomic mass is 9.65. The highest BCUT2D eigenvalue weighted by Gasteiger charge is 2.53. The van der Waals surface area contributed by atoms with Crippen molar-refractivity contribution in [3.8, 4) is 56.4 Å². The summed E-state index contributed by atoms with van der Waals surface area (Å²) in [5, 5.41) is 2.39. The van der Waals surface area contributed by atoms with Crippen LogP contribution < -0.4 is 14.4 Å². The van der Waals surface area contributed by atoms with Crippen molar-refractivity contribution < 1.29 is 9.47 Å². The summed E-state index contributed by atoms with van der Waals surface area (Å²) in [4.78, 5) is 2.46. The average Bonchev–Trinajstić information content (AvgIpc) is 3.87. The van der Waals surface area contributed by atoms with E-state index in [2.05, 4.69) is 254 Å². The van der Waals surface area contributed by atoms with Crippen LogP contribution in [0.15, 0.2) is 249 Å². The van der Waals surface area contributed by atoms with Crippen LogP contribution in [0.1, 0.15) is 44.5 Å². The largest absolute Gasteiger partial charge is 0.457 e. The lowest BCUT2D eigenvalue weighted by molar-refractivity contribution is 0.436. The van der Waals surface area contributed by atoms with E-state index in [1.165, 1.54) is 66.4 Å². The lowest BCUT2D eigenvalue weighted by Crippen LogP contribution is -2.32. The Bertz CT molecular complexity index is 3830. The second kappa shape index (κ2) is 14.3. The van der Waals surface area contributed by atoms with Crippen LogP contribution >= 0.6 is 0 Å². The lowest BCUT2D eigenvalue weighted by Gasteiger charge is -2.40. The van der Waals surface area contributed by atoms with Gasteiger partial charge in [-0.15, -0.1) is 0 Å². The minimum atomic E-state index is -0.618. The maximum absolute atomic E-state index is 6.76. The zero-order valence-electron chi connectivity index (χ0n) is 37.4. The van der Waals surface area contributed by atoms with Gasteiger partial charge in [-0.05, 0) is 127 Å². The van der Waals surface area contributed by atoms with Crippen molar-refractivity contribution >= 4 is 27.8 Å². The molecule has 0 bridgehead atoms. The van der Waals surface area contributed by atoms with Gasteiger partial charge < -0.3 is 14.4 Å². The highest BCUT2D eigenvalue weighted by atomic mass is 16.5. The third kappa shape index (κ3) is 5.11. The van der Waals surface area contributed by atoms with Gasteiger partial charge in [-0.25, -0.2) is 0 Å². The predicted molar refractivity (Wildman–Crippen MR) is 279 cm³/mol. The highest BCUT2D eigenvalue weighted by molar-refractivity contribution is 6.03. The van der Waals surface area contributed by atoms with Crippen molar-refractivity contribution in [2.24, 2.45) is 0 Å². The smallest absolute Gasteiger partial charge is 0.132 e. The molecule has 0 fully saturated rings. The molecule has 4 aliphatic rings. The summed E-state index contributed by atoms with van der Waals surface area (Å²) < 4.78 is 13.5. The molecule has 3 nitrogen and oxygen atoms in total. The third-order valence-corrected chi connectivity index (χ3v) is 15.4. The number of hydrogen-bond donors (Lipinski definition) is 0.